The van der Waals surface area contributed by atoms with Crippen molar-refractivity contribution in [1.82, 2.24) is 4.90 Å². The van der Waals surface area contributed by atoms with Gasteiger partial charge in [-0.05, 0) is 18.3 Å². The molecule has 0 radical (unpaired) electrons. The van der Waals surface area contributed by atoms with Crippen molar-refractivity contribution >= 4 is 29.0 Å². The maximum atomic E-state index is 12.0. The molecule has 1 saturated heterocycles. The SMILES string of the molecule is CC1(C)CC(=O)N(CCCC(C)(C)C(N)=S)C(=O)C1. The number of likely N-dealkylation sites (tertiary alicyclic amines) is 1. The Labute approximate surface area is 120 Å². The number of carbonyl (C=O) groups is 2. The van der Waals surface area contributed by atoms with E-state index in [4.69, 9.17) is 18.0 Å². The van der Waals surface area contributed by atoms with Crippen LogP contribution in [0.1, 0.15) is 53.4 Å². The molecular weight excluding hydrogens is 260 g/mol. The van der Waals surface area contributed by atoms with Crippen LogP contribution in [0.4, 0.5) is 0 Å². The van der Waals surface area contributed by atoms with Gasteiger partial charge < -0.3 is 5.73 Å². The van der Waals surface area contributed by atoms with Gasteiger partial charge in [-0.3, -0.25) is 14.5 Å². The molecule has 19 heavy (non-hydrogen) atoms. The Morgan fingerprint density at radius 2 is 1.79 bits per heavy atom. The highest BCUT2D eigenvalue weighted by molar-refractivity contribution is 7.80. The van der Waals surface area contributed by atoms with Gasteiger partial charge in [-0.15, -0.1) is 0 Å². The maximum absolute atomic E-state index is 12.0. The number of nitrogens with zero attached hydrogens (tertiary/aromatic N) is 1. The first kappa shape index (κ1) is 16.1. The van der Waals surface area contributed by atoms with Crippen LogP contribution in [0.15, 0.2) is 0 Å². The van der Waals surface area contributed by atoms with Gasteiger partial charge in [0.2, 0.25) is 11.8 Å². The molecule has 0 aromatic rings. The Morgan fingerprint density at radius 3 is 2.21 bits per heavy atom. The van der Waals surface area contributed by atoms with E-state index in [9.17, 15) is 9.59 Å². The lowest BCUT2D eigenvalue weighted by Crippen LogP contribution is -2.46. The van der Waals surface area contributed by atoms with Crippen LogP contribution in [0.3, 0.4) is 0 Å². The Bertz CT molecular complexity index is 382. The van der Waals surface area contributed by atoms with Gasteiger partial charge in [0.1, 0.15) is 0 Å². The van der Waals surface area contributed by atoms with Gasteiger partial charge in [0.15, 0.2) is 0 Å². The van der Waals surface area contributed by atoms with Gasteiger partial charge in [0.25, 0.3) is 0 Å². The van der Waals surface area contributed by atoms with Crippen LogP contribution in [-0.4, -0.2) is 28.2 Å². The fraction of sp³-hybridized carbons (Fsp3) is 0.786. The first-order chi connectivity index (χ1) is 8.55. The van der Waals surface area contributed by atoms with Crippen molar-refractivity contribution in [3.8, 4) is 0 Å². The van der Waals surface area contributed by atoms with E-state index in [0.717, 1.165) is 12.8 Å². The summed E-state index contributed by atoms with van der Waals surface area (Å²) in [5, 5.41) is 0. The molecule has 1 rings (SSSR count). The van der Waals surface area contributed by atoms with Crippen LogP contribution >= 0.6 is 12.2 Å². The van der Waals surface area contributed by atoms with E-state index >= 15 is 0 Å². The summed E-state index contributed by atoms with van der Waals surface area (Å²) in [5.41, 5.74) is 5.23. The molecule has 0 aliphatic carbocycles. The molecule has 1 aliphatic heterocycles. The molecule has 0 bridgehead atoms. The van der Waals surface area contributed by atoms with E-state index in [0.29, 0.717) is 24.4 Å². The zero-order valence-corrected chi connectivity index (χ0v) is 13.1. The van der Waals surface area contributed by atoms with E-state index in [2.05, 4.69) is 0 Å². The summed E-state index contributed by atoms with van der Waals surface area (Å²) >= 11 is 5.01. The minimum atomic E-state index is -0.226. The van der Waals surface area contributed by atoms with E-state index < -0.39 is 0 Å². The molecule has 108 valence electrons. The molecule has 2 amide bonds. The summed E-state index contributed by atoms with van der Waals surface area (Å²) in [5.74, 6) is -0.122. The van der Waals surface area contributed by atoms with E-state index in [1.165, 1.54) is 4.90 Å². The molecule has 1 aliphatic rings. The van der Waals surface area contributed by atoms with Crippen molar-refractivity contribution in [3.05, 3.63) is 0 Å². The molecule has 0 unspecified atom stereocenters. The molecule has 0 saturated carbocycles. The monoisotopic (exact) mass is 284 g/mol. The number of thiocarbonyl (C=S) groups is 1. The number of rotatable bonds is 5. The van der Waals surface area contributed by atoms with Crippen molar-refractivity contribution in [2.24, 2.45) is 16.6 Å². The normalized spacial score (nSPS) is 19.7. The number of imide groups is 1. The number of nitrogens with two attached hydrogens (primary N) is 1. The second kappa shape index (κ2) is 5.57. The Balaban J connectivity index is 2.53. The third kappa shape index (κ3) is 4.27. The Hall–Kier alpha value is -0.970. The Morgan fingerprint density at radius 1 is 1.32 bits per heavy atom. The third-order valence-corrected chi connectivity index (χ3v) is 4.26. The highest BCUT2D eigenvalue weighted by Gasteiger charge is 2.37. The van der Waals surface area contributed by atoms with Gasteiger partial charge in [-0.25, -0.2) is 0 Å². The first-order valence-corrected chi connectivity index (χ1v) is 7.09. The largest absolute Gasteiger partial charge is 0.393 e. The minimum absolute atomic E-state index is 0.0608. The summed E-state index contributed by atoms with van der Waals surface area (Å²) < 4.78 is 0. The lowest BCUT2D eigenvalue weighted by Gasteiger charge is -2.35. The van der Waals surface area contributed by atoms with Crippen molar-refractivity contribution in [3.63, 3.8) is 0 Å². The van der Waals surface area contributed by atoms with Crippen LogP contribution in [-0.2, 0) is 9.59 Å². The van der Waals surface area contributed by atoms with Crippen LogP contribution in [0.2, 0.25) is 0 Å². The molecule has 0 aromatic heterocycles. The van der Waals surface area contributed by atoms with Crippen molar-refractivity contribution in [2.45, 2.75) is 53.4 Å². The molecule has 0 atom stereocenters. The fourth-order valence-electron chi connectivity index (χ4n) is 2.26. The second-order valence-corrected chi connectivity index (χ2v) is 7.25. The maximum Gasteiger partial charge on any atom is 0.229 e. The molecule has 2 N–H and O–H groups in total. The van der Waals surface area contributed by atoms with E-state index in [-0.39, 0.29) is 22.6 Å². The van der Waals surface area contributed by atoms with Crippen LogP contribution in [0.25, 0.3) is 0 Å². The fourth-order valence-corrected chi connectivity index (χ4v) is 2.36. The average Bonchev–Trinajstić information content (AvgIpc) is 2.20. The van der Waals surface area contributed by atoms with E-state index in [1.807, 2.05) is 27.7 Å². The van der Waals surface area contributed by atoms with Crippen molar-refractivity contribution in [1.29, 1.82) is 0 Å². The van der Waals surface area contributed by atoms with Crippen LogP contribution in [0.5, 0.6) is 0 Å². The summed E-state index contributed by atoms with van der Waals surface area (Å²) in [6.45, 7) is 8.35. The second-order valence-electron chi connectivity index (χ2n) is 6.81. The summed E-state index contributed by atoms with van der Waals surface area (Å²) in [7, 11) is 0. The smallest absolute Gasteiger partial charge is 0.229 e. The molecular formula is C14H24N2O2S. The summed E-state index contributed by atoms with van der Waals surface area (Å²) in [4.78, 5) is 25.8. The molecule has 1 fully saturated rings. The highest BCUT2D eigenvalue weighted by atomic mass is 32.1. The molecule has 0 aromatic carbocycles. The average molecular weight is 284 g/mol. The standard InChI is InChI=1S/C14H24N2O2S/c1-13(2)8-10(17)16(11(18)9-13)7-5-6-14(3,4)12(15)19/h5-9H2,1-4H3,(H2,15,19). The highest BCUT2D eigenvalue weighted by Crippen LogP contribution is 2.32. The van der Waals surface area contributed by atoms with Gasteiger partial charge in [-0.1, -0.05) is 39.9 Å². The zero-order chi connectivity index (χ0) is 14.8. The first-order valence-electron chi connectivity index (χ1n) is 6.68. The summed E-state index contributed by atoms with van der Waals surface area (Å²) in [6, 6.07) is 0. The quantitative estimate of drug-likeness (QED) is 0.621. The molecule has 0 spiro atoms. The lowest BCUT2D eigenvalue weighted by molar-refractivity contribution is -0.152. The van der Waals surface area contributed by atoms with Gasteiger partial charge in [0.05, 0.1) is 4.99 Å². The van der Waals surface area contributed by atoms with Gasteiger partial charge in [0, 0.05) is 24.8 Å². The number of hydrogen-bond acceptors (Lipinski definition) is 3. The van der Waals surface area contributed by atoms with E-state index in [1.54, 1.807) is 0 Å². The van der Waals surface area contributed by atoms with Crippen molar-refractivity contribution < 1.29 is 9.59 Å². The van der Waals surface area contributed by atoms with Gasteiger partial charge in [-0.2, -0.15) is 0 Å². The number of carbonyl (C=O) groups excluding carboxylic acids is 2. The third-order valence-electron chi connectivity index (χ3n) is 3.71. The topological polar surface area (TPSA) is 63.4 Å². The summed E-state index contributed by atoms with van der Waals surface area (Å²) in [6.07, 6.45) is 2.40. The number of amides is 2. The predicted molar refractivity (Wildman–Crippen MR) is 79.5 cm³/mol. The zero-order valence-electron chi connectivity index (χ0n) is 12.3. The number of hydrogen-bond donors (Lipinski definition) is 1. The van der Waals surface area contributed by atoms with Crippen LogP contribution < -0.4 is 5.73 Å². The lowest BCUT2D eigenvalue weighted by atomic mass is 9.81. The van der Waals surface area contributed by atoms with Crippen molar-refractivity contribution in [2.75, 3.05) is 6.54 Å². The molecule has 4 nitrogen and oxygen atoms in total. The Kier molecular flexibility index (Phi) is 4.72. The number of piperidine rings is 1. The van der Waals surface area contributed by atoms with Gasteiger partial charge >= 0.3 is 0 Å². The predicted octanol–water partition coefficient (Wildman–Crippen LogP) is 2.25. The molecule has 5 heteroatoms. The molecule has 1 heterocycles. The van der Waals surface area contributed by atoms with Crippen LogP contribution in [0, 0.1) is 10.8 Å². The minimum Gasteiger partial charge on any atom is -0.393 e.